The molecule has 0 radical (unpaired) electrons. The molecule has 3 atom stereocenters. The molecule has 3 aliphatic heterocycles. The first kappa shape index (κ1) is 12.4. The zero-order valence-corrected chi connectivity index (χ0v) is 11.6. The number of carbonyl (C=O) groups is 1. The van der Waals surface area contributed by atoms with Crippen LogP contribution in [0.4, 0.5) is 0 Å². The average molecular weight is 251 g/mol. The summed E-state index contributed by atoms with van der Waals surface area (Å²) in [4.78, 5) is 17.3. The molecule has 3 fully saturated rings. The lowest BCUT2D eigenvalue weighted by Gasteiger charge is -2.36. The molecule has 3 heterocycles. The summed E-state index contributed by atoms with van der Waals surface area (Å²) < 4.78 is 0. The molecule has 4 nitrogen and oxygen atoms in total. The predicted molar refractivity (Wildman–Crippen MR) is 71.2 cm³/mol. The van der Waals surface area contributed by atoms with Crippen LogP contribution in [0.2, 0.25) is 0 Å². The standard InChI is InChI=1S/C14H25N3O/c1-3-14(2)13(18)17(10-15-14)12-7-9-16-8-5-4-6-11(12)16/h11-12,15H,3-10H2,1-2H3. The van der Waals surface area contributed by atoms with E-state index in [0.717, 1.165) is 19.5 Å². The van der Waals surface area contributed by atoms with E-state index in [4.69, 9.17) is 0 Å². The Hall–Kier alpha value is -0.610. The van der Waals surface area contributed by atoms with Gasteiger partial charge in [0.2, 0.25) is 5.91 Å². The number of hydrogen-bond acceptors (Lipinski definition) is 3. The van der Waals surface area contributed by atoms with Gasteiger partial charge in [-0.25, -0.2) is 0 Å². The summed E-state index contributed by atoms with van der Waals surface area (Å²) in [6, 6.07) is 1.09. The van der Waals surface area contributed by atoms with Crippen molar-refractivity contribution in [3.63, 3.8) is 0 Å². The van der Waals surface area contributed by atoms with E-state index in [1.165, 1.54) is 32.4 Å². The molecule has 3 aliphatic rings. The summed E-state index contributed by atoms with van der Waals surface area (Å²) in [5.41, 5.74) is -0.317. The highest BCUT2D eigenvalue weighted by atomic mass is 16.2. The first-order chi connectivity index (χ1) is 8.65. The molecule has 3 saturated heterocycles. The van der Waals surface area contributed by atoms with Crippen LogP contribution in [0, 0.1) is 0 Å². The van der Waals surface area contributed by atoms with Crippen LogP contribution >= 0.6 is 0 Å². The molecule has 4 heteroatoms. The van der Waals surface area contributed by atoms with Crippen LogP contribution in [0.25, 0.3) is 0 Å². The van der Waals surface area contributed by atoms with Crippen LogP contribution in [-0.4, -0.2) is 53.1 Å². The largest absolute Gasteiger partial charge is 0.324 e. The molecule has 0 aromatic rings. The van der Waals surface area contributed by atoms with Gasteiger partial charge in [-0.2, -0.15) is 0 Å². The quantitative estimate of drug-likeness (QED) is 0.800. The van der Waals surface area contributed by atoms with E-state index < -0.39 is 0 Å². The topological polar surface area (TPSA) is 35.6 Å². The fraction of sp³-hybridized carbons (Fsp3) is 0.929. The number of fused-ring (bicyclic) bond motifs is 1. The normalized spacial score (nSPS) is 41.4. The van der Waals surface area contributed by atoms with Crippen molar-refractivity contribution in [2.45, 2.75) is 63.6 Å². The highest BCUT2D eigenvalue weighted by Crippen LogP contribution is 2.33. The second-order valence-corrected chi connectivity index (χ2v) is 6.25. The number of piperidine rings is 1. The first-order valence-electron chi connectivity index (χ1n) is 7.46. The molecular weight excluding hydrogens is 226 g/mol. The van der Waals surface area contributed by atoms with E-state index in [1.54, 1.807) is 0 Å². The van der Waals surface area contributed by atoms with Crippen LogP contribution < -0.4 is 5.32 Å². The molecule has 1 N–H and O–H groups in total. The molecule has 1 amide bonds. The minimum atomic E-state index is -0.317. The molecule has 0 saturated carbocycles. The zero-order valence-electron chi connectivity index (χ0n) is 11.6. The molecule has 0 spiro atoms. The van der Waals surface area contributed by atoms with Gasteiger partial charge < -0.3 is 4.90 Å². The van der Waals surface area contributed by atoms with Gasteiger partial charge >= 0.3 is 0 Å². The molecular formula is C14H25N3O. The minimum absolute atomic E-state index is 0.317. The Kier molecular flexibility index (Phi) is 3.10. The predicted octanol–water partition coefficient (Wildman–Crippen LogP) is 1.17. The second-order valence-electron chi connectivity index (χ2n) is 6.25. The van der Waals surface area contributed by atoms with Crippen LogP contribution in [-0.2, 0) is 4.79 Å². The Balaban J connectivity index is 1.74. The summed E-state index contributed by atoms with van der Waals surface area (Å²) in [6.45, 7) is 7.31. The van der Waals surface area contributed by atoms with Gasteiger partial charge in [-0.1, -0.05) is 13.3 Å². The van der Waals surface area contributed by atoms with Crippen molar-refractivity contribution < 1.29 is 4.79 Å². The van der Waals surface area contributed by atoms with Gasteiger partial charge in [-0.3, -0.25) is 15.0 Å². The number of rotatable bonds is 2. The highest BCUT2D eigenvalue weighted by Gasteiger charge is 2.48. The third-order valence-electron chi connectivity index (χ3n) is 5.30. The first-order valence-corrected chi connectivity index (χ1v) is 7.46. The number of nitrogens with zero attached hydrogens (tertiary/aromatic N) is 2. The Morgan fingerprint density at radius 3 is 2.83 bits per heavy atom. The maximum atomic E-state index is 12.6. The summed E-state index contributed by atoms with van der Waals surface area (Å²) in [5, 5.41) is 3.41. The van der Waals surface area contributed by atoms with Crippen LogP contribution in [0.5, 0.6) is 0 Å². The van der Waals surface area contributed by atoms with E-state index in [1.807, 2.05) is 6.92 Å². The Morgan fingerprint density at radius 2 is 2.11 bits per heavy atom. The van der Waals surface area contributed by atoms with Gasteiger partial charge in [-0.15, -0.1) is 0 Å². The van der Waals surface area contributed by atoms with Crippen molar-refractivity contribution >= 4 is 5.91 Å². The molecule has 0 aromatic carbocycles. The molecule has 0 aromatic heterocycles. The lowest BCUT2D eigenvalue weighted by molar-refractivity contribution is -0.134. The summed E-state index contributed by atoms with van der Waals surface area (Å²) in [7, 11) is 0. The lowest BCUT2D eigenvalue weighted by atomic mass is 9.95. The monoisotopic (exact) mass is 251 g/mol. The Morgan fingerprint density at radius 1 is 1.28 bits per heavy atom. The van der Waals surface area contributed by atoms with E-state index in [-0.39, 0.29) is 5.54 Å². The molecule has 3 rings (SSSR count). The van der Waals surface area contributed by atoms with Crippen molar-refractivity contribution in [1.29, 1.82) is 0 Å². The summed E-state index contributed by atoms with van der Waals surface area (Å²) in [6.07, 6.45) is 5.98. The van der Waals surface area contributed by atoms with E-state index in [2.05, 4.69) is 22.0 Å². The van der Waals surface area contributed by atoms with Gasteiger partial charge in [0.1, 0.15) is 0 Å². The van der Waals surface area contributed by atoms with Gasteiger partial charge in [0, 0.05) is 18.6 Å². The molecule has 0 aliphatic carbocycles. The number of carbonyl (C=O) groups excluding carboxylic acids is 1. The zero-order chi connectivity index (χ0) is 12.8. The molecule has 3 unspecified atom stereocenters. The third-order valence-corrected chi connectivity index (χ3v) is 5.30. The summed E-state index contributed by atoms with van der Waals surface area (Å²) in [5.74, 6) is 0.322. The van der Waals surface area contributed by atoms with E-state index >= 15 is 0 Å². The van der Waals surface area contributed by atoms with Crippen LogP contribution in [0.15, 0.2) is 0 Å². The molecule has 102 valence electrons. The van der Waals surface area contributed by atoms with Crippen molar-refractivity contribution in [3.8, 4) is 0 Å². The average Bonchev–Trinajstić information content (AvgIpc) is 2.94. The molecule has 0 bridgehead atoms. The number of nitrogens with one attached hydrogen (secondary N) is 1. The van der Waals surface area contributed by atoms with Gasteiger partial charge in [0.15, 0.2) is 0 Å². The third kappa shape index (κ3) is 1.77. The number of amides is 1. The maximum Gasteiger partial charge on any atom is 0.243 e. The van der Waals surface area contributed by atoms with Crippen LogP contribution in [0.3, 0.4) is 0 Å². The Labute approximate surface area is 110 Å². The fourth-order valence-corrected chi connectivity index (χ4v) is 3.85. The highest BCUT2D eigenvalue weighted by molar-refractivity contribution is 5.88. The van der Waals surface area contributed by atoms with Gasteiger partial charge in [0.05, 0.1) is 12.2 Å². The van der Waals surface area contributed by atoms with Crippen LogP contribution in [0.1, 0.15) is 46.0 Å². The second kappa shape index (κ2) is 4.49. The fourth-order valence-electron chi connectivity index (χ4n) is 3.85. The van der Waals surface area contributed by atoms with Crippen molar-refractivity contribution in [2.24, 2.45) is 0 Å². The molecule has 18 heavy (non-hydrogen) atoms. The Bertz CT molecular complexity index is 346. The van der Waals surface area contributed by atoms with Crippen molar-refractivity contribution in [3.05, 3.63) is 0 Å². The minimum Gasteiger partial charge on any atom is -0.324 e. The van der Waals surface area contributed by atoms with Gasteiger partial charge in [-0.05, 0) is 39.2 Å². The van der Waals surface area contributed by atoms with Gasteiger partial charge in [0.25, 0.3) is 0 Å². The van der Waals surface area contributed by atoms with Crippen molar-refractivity contribution in [2.75, 3.05) is 19.8 Å². The summed E-state index contributed by atoms with van der Waals surface area (Å²) >= 11 is 0. The SMILES string of the molecule is CCC1(C)NCN(C2CCN3CCCCC23)C1=O. The lowest BCUT2D eigenvalue weighted by Crippen LogP contribution is -2.50. The smallest absolute Gasteiger partial charge is 0.243 e. The van der Waals surface area contributed by atoms with Crippen molar-refractivity contribution in [1.82, 2.24) is 15.1 Å². The number of hydrogen-bond donors (Lipinski definition) is 1. The van der Waals surface area contributed by atoms with E-state index in [9.17, 15) is 4.79 Å². The van der Waals surface area contributed by atoms with E-state index in [0.29, 0.717) is 18.0 Å². The maximum absolute atomic E-state index is 12.6.